The first-order chi connectivity index (χ1) is 13.7. The van der Waals surface area contributed by atoms with Gasteiger partial charge in [0.25, 0.3) is 5.91 Å². The van der Waals surface area contributed by atoms with Gasteiger partial charge in [0.1, 0.15) is 11.3 Å². The van der Waals surface area contributed by atoms with Gasteiger partial charge in [-0.3, -0.25) is 4.79 Å². The number of rotatable bonds is 4. The first-order valence-electron chi connectivity index (χ1n) is 9.13. The number of thiazole rings is 1. The Morgan fingerprint density at radius 2 is 1.68 bits per heavy atom. The van der Waals surface area contributed by atoms with Crippen molar-refractivity contribution in [1.82, 2.24) is 4.57 Å². The van der Waals surface area contributed by atoms with E-state index in [2.05, 4.69) is 4.99 Å². The van der Waals surface area contributed by atoms with Gasteiger partial charge in [0.05, 0.1) is 11.3 Å². The molecule has 1 aromatic heterocycles. The first kappa shape index (κ1) is 18.2. The summed E-state index contributed by atoms with van der Waals surface area (Å²) in [5, 5.41) is 0. The van der Waals surface area contributed by atoms with Crippen LogP contribution in [0.4, 0.5) is 0 Å². The molecule has 0 saturated carbocycles. The van der Waals surface area contributed by atoms with Crippen molar-refractivity contribution in [3.63, 3.8) is 0 Å². The number of nitrogens with zero attached hydrogens (tertiary/aromatic N) is 2. The standard InChI is InChI=1S/C23H20N2O2S/c1-3-27-19-10-7-11-20-21(19)25(2)23(28-20)24-22(26)18-14-12-17(13-15-18)16-8-5-4-6-9-16/h4-15H,3H2,1-2H3. The number of carbonyl (C=O) groups excluding carboxylic acids is 1. The topological polar surface area (TPSA) is 43.6 Å². The van der Waals surface area contributed by atoms with Crippen LogP contribution in [0.25, 0.3) is 21.3 Å². The van der Waals surface area contributed by atoms with E-state index >= 15 is 0 Å². The minimum Gasteiger partial charge on any atom is -0.492 e. The number of para-hydroxylation sites is 1. The summed E-state index contributed by atoms with van der Waals surface area (Å²) < 4.78 is 8.68. The second kappa shape index (κ2) is 7.82. The maximum Gasteiger partial charge on any atom is 0.279 e. The Kier molecular flexibility index (Phi) is 5.08. The molecule has 0 spiro atoms. The summed E-state index contributed by atoms with van der Waals surface area (Å²) in [5.41, 5.74) is 3.73. The number of fused-ring (bicyclic) bond motifs is 1. The van der Waals surface area contributed by atoms with Gasteiger partial charge in [-0.05, 0) is 42.3 Å². The van der Waals surface area contributed by atoms with Crippen molar-refractivity contribution in [3.8, 4) is 16.9 Å². The molecule has 3 aromatic carbocycles. The number of hydrogen-bond acceptors (Lipinski definition) is 3. The third-order valence-corrected chi connectivity index (χ3v) is 5.62. The minimum absolute atomic E-state index is 0.250. The maximum atomic E-state index is 12.7. The Hall–Kier alpha value is -3.18. The van der Waals surface area contributed by atoms with E-state index in [0.717, 1.165) is 27.1 Å². The quantitative estimate of drug-likeness (QED) is 0.491. The molecule has 28 heavy (non-hydrogen) atoms. The molecular formula is C23H20N2O2S. The molecule has 1 heterocycles. The number of aryl methyl sites for hydroxylation is 1. The molecule has 0 radical (unpaired) electrons. The molecular weight excluding hydrogens is 368 g/mol. The third-order valence-electron chi connectivity index (χ3n) is 4.52. The third kappa shape index (κ3) is 3.49. The molecule has 0 bridgehead atoms. The predicted octanol–water partition coefficient (Wildman–Crippen LogP) is 5.05. The fraction of sp³-hybridized carbons (Fsp3) is 0.130. The SMILES string of the molecule is CCOc1cccc2sc(=NC(=O)c3ccc(-c4ccccc4)cc3)n(C)c12. The molecule has 0 N–H and O–H groups in total. The number of amides is 1. The monoisotopic (exact) mass is 388 g/mol. The Balaban J connectivity index is 1.68. The second-order valence-electron chi connectivity index (χ2n) is 6.34. The zero-order chi connectivity index (χ0) is 19.5. The van der Waals surface area contributed by atoms with Crippen LogP contribution in [0.2, 0.25) is 0 Å². The van der Waals surface area contributed by atoms with Crippen LogP contribution in [0.3, 0.4) is 0 Å². The average molecular weight is 388 g/mol. The molecule has 5 heteroatoms. The lowest BCUT2D eigenvalue weighted by atomic mass is 10.0. The van der Waals surface area contributed by atoms with E-state index in [9.17, 15) is 4.79 Å². The lowest BCUT2D eigenvalue weighted by Gasteiger charge is -2.05. The Labute approximate surface area is 167 Å². The van der Waals surface area contributed by atoms with Crippen LogP contribution < -0.4 is 9.54 Å². The molecule has 0 fully saturated rings. The molecule has 0 unspecified atom stereocenters. The lowest BCUT2D eigenvalue weighted by molar-refractivity contribution is 0.0998. The van der Waals surface area contributed by atoms with Crippen LogP contribution >= 0.6 is 11.3 Å². The van der Waals surface area contributed by atoms with Crippen molar-refractivity contribution in [2.45, 2.75) is 6.92 Å². The Bertz CT molecular complexity index is 1190. The zero-order valence-electron chi connectivity index (χ0n) is 15.8. The van der Waals surface area contributed by atoms with Gasteiger partial charge in [0.2, 0.25) is 0 Å². The second-order valence-corrected chi connectivity index (χ2v) is 7.35. The fourth-order valence-electron chi connectivity index (χ4n) is 3.13. The predicted molar refractivity (Wildman–Crippen MR) is 114 cm³/mol. The number of hydrogen-bond donors (Lipinski definition) is 0. The van der Waals surface area contributed by atoms with E-state index in [1.807, 2.05) is 91.3 Å². The number of ether oxygens (including phenoxy) is 1. The van der Waals surface area contributed by atoms with Crippen molar-refractivity contribution >= 4 is 27.5 Å². The molecule has 140 valence electrons. The number of carbonyl (C=O) groups is 1. The van der Waals surface area contributed by atoms with E-state index in [4.69, 9.17) is 4.74 Å². The van der Waals surface area contributed by atoms with Crippen LogP contribution in [0.15, 0.2) is 77.8 Å². The highest BCUT2D eigenvalue weighted by Gasteiger charge is 2.11. The summed E-state index contributed by atoms with van der Waals surface area (Å²) in [5.74, 6) is 0.555. The van der Waals surface area contributed by atoms with Crippen molar-refractivity contribution in [1.29, 1.82) is 0 Å². The number of aromatic nitrogens is 1. The molecule has 0 aliphatic carbocycles. The van der Waals surface area contributed by atoms with Crippen LogP contribution in [0, 0.1) is 0 Å². The van der Waals surface area contributed by atoms with E-state index in [-0.39, 0.29) is 5.91 Å². The summed E-state index contributed by atoms with van der Waals surface area (Å²) in [6.07, 6.45) is 0. The summed E-state index contributed by atoms with van der Waals surface area (Å²) in [7, 11) is 1.91. The van der Waals surface area contributed by atoms with Crippen LogP contribution in [0.5, 0.6) is 5.75 Å². The van der Waals surface area contributed by atoms with E-state index in [0.29, 0.717) is 17.0 Å². The van der Waals surface area contributed by atoms with Gasteiger partial charge in [-0.1, -0.05) is 59.9 Å². The zero-order valence-corrected chi connectivity index (χ0v) is 16.6. The first-order valence-corrected chi connectivity index (χ1v) is 9.95. The molecule has 0 atom stereocenters. The maximum absolute atomic E-state index is 12.7. The van der Waals surface area contributed by atoms with Gasteiger partial charge in [0.15, 0.2) is 4.80 Å². The summed E-state index contributed by atoms with van der Waals surface area (Å²) in [6, 6.07) is 23.6. The van der Waals surface area contributed by atoms with Crippen LogP contribution in [-0.2, 0) is 7.05 Å². The molecule has 1 amide bonds. The smallest absolute Gasteiger partial charge is 0.279 e. The van der Waals surface area contributed by atoms with Gasteiger partial charge in [-0.2, -0.15) is 4.99 Å². The van der Waals surface area contributed by atoms with Gasteiger partial charge in [0, 0.05) is 12.6 Å². The largest absolute Gasteiger partial charge is 0.492 e. The van der Waals surface area contributed by atoms with Gasteiger partial charge < -0.3 is 9.30 Å². The molecule has 0 saturated heterocycles. The van der Waals surface area contributed by atoms with Crippen molar-refractivity contribution in [2.75, 3.05) is 6.61 Å². The lowest BCUT2D eigenvalue weighted by Crippen LogP contribution is -2.13. The van der Waals surface area contributed by atoms with Crippen LogP contribution in [0.1, 0.15) is 17.3 Å². The molecule has 4 nitrogen and oxygen atoms in total. The van der Waals surface area contributed by atoms with E-state index in [1.54, 1.807) is 0 Å². The minimum atomic E-state index is -0.250. The summed E-state index contributed by atoms with van der Waals surface area (Å²) in [4.78, 5) is 17.7. The summed E-state index contributed by atoms with van der Waals surface area (Å²) >= 11 is 1.48. The fourth-order valence-corrected chi connectivity index (χ4v) is 4.17. The van der Waals surface area contributed by atoms with Crippen molar-refractivity contribution in [3.05, 3.63) is 83.2 Å². The van der Waals surface area contributed by atoms with Crippen molar-refractivity contribution in [2.24, 2.45) is 12.0 Å². The molecule has 0 aliphatic heterocycles. The highest BCUT2D eigenvalue weighted by molar-refractivity contribution is 7.16. The highest BCUT2D eigenvalue weighted by atomic mass is 32.1. The van der Waals surface area contributed by atoms with Crippen molar-refractivity contribution < 1.29 is 9.53 Å². The molecule has 0 aliphatic rings. The Morgan fingerprint density at radius 3 is 2.39 bits per heavy atom. The van der Waals surface area contributed by atoms with E-state index in [1.165, 1.54) is 11.3 Å². The number of benzene rings is 3. The molecule has 4 aromatic rings. The Morgan fingerprint density at radius 1 is 0.964 bits per heavy atom. The normalized spacial score (nSPS) is 11.7. The van der Waals surface area contributed by atoms with Gasteiger partial charge >= 0.3 is 0 Å². The van der Waals surface area contributed by atoms with E-state index < -0.39 is 0 Å². The van der Waals surface area contributed by atoms with Gasteiger partial charge in [-0.25, -0.2) is 0 Å². The average Bonchev–Trinajstić information content (AvgIpc) is 3.05. The summed E-state index contributed by atoms with van der Waals surface area (Å²) in [6.45, 7) is 2.55. The van der Waals surface area contributed by atoms with Crippen LogP contribution in [-0.4, -0.2) is 17.1 Å². The molecule has 4 rings (SSSR count). The van der Waals surface area contributed by atoms with Gasteiger partial charge in [-0.15, -0.1) is 0 Å². The highest BCUT2D eigenvalue weighted by Crippen LogP contribution is 2.27.